The molecular weight excluding hydrogens is 238 g/mol. The van der Waals surface area contributed by atoms with Crippen LogP contribution < -0.4 is 10.6 Å². The number of fused-ring (bicyclic) bond motifs is 1. The fraction of sp³-hybridized carbons (Fsp3) is 0.533. The second kappa shape index (κ2) is 5.21. The van der Waals surface area contributed by atoms with Crippen LogP contribution in [-0.2, 0) is 17.9 Å². The molecule has 1 amide bonds. The average molecular weight is 259 g/mol. The van der Waals surface area contributed by atoms with Gasteiger partial charge in [-0.15, -0.1) is 0 Å². The van der Waals surface area contributed by atoms with Gasteiger partial charge in [-0.2, -0.15) is 0 Å². The highest BCUT2D eigenvalue weighted by atomic mass is 16.2. The van der Waals surface area contributed by atoms with Crippen molar-refractivity contribution in [3.8, 4) is 0 Å². The summed E-state index contributed by atoms with van der Waals surface area (Å²) in [5.41, 5.74) is 4.02. The van der Waals surface area contributed by atoms with E-state index in [1.165, 1.54) is 16.8 Å². The van der Waals surface area contributed by atoms with Gasteiger partial charge in [0, 0.05) is 44.8 Å². The molecule has 2 aliphatic heterocycles. The summed E-state index contributed by atoms with van der Waals surface area (Å²) in [7, 11) is 0. The van der Waals surface area contributed by atoms with Crippen LogP contribution in [0.1, 0.15) is 30.9 Å². The third kappa shape index (κ3) is 2.59. The maximum absolute atomic E-state index is 11.5. The van der Waals surface area contributed by atoms with Crippen molar-refractivity contribution in [1.29, 1.82) is 0 Å². The maximum Gasteiger partial charge on any atom is 0.219 e. The molecule has 2 aliphatic rings. The minimum atomic E-state index is 0.187. The van der Waals surface area contributed by atoms with Crippen LogP contribution in [-0.4, -0.2) is 29.9 Å². The van der Waals surface area contributed by atoms with Gasteiger partial charge in [0.15, 0.2) is 0 Å². The Kier molecular flexibility index (Phi) is 3.42. The molecule has 2 heterocycles. The summed E-state index contributed by atoms with van der Waals surface area (Å²) >= 11 is 0. The van der Waals surface area contributed by atoms with Gasteiger partial charge < -0.3 is 15.5 Å². The van der Waals surface area contributed by atoms with Crippen molar-refractivity contribution >= 4 is 11.6 Å². The van der Waals surface area contributed by atoms with Gasteiger partial charge in [-0.1, -0.05) is 12.1 Å². The number of nitrogens with one attached hydrogen (secondary N) is 2. The number of likely N-dealkylation sites (tertiary alicyclic amines) is 1. The number of hydrogen-bond donors (Lipinski definition) is 2. The van der Waals surface area contributed by atoms with Crippen LogP contribution in [0.4, 0.5) is 5.69 Å². The Labute approximate surface area is 114 Å². The van der Waals surface area contributed by atoms with Crippen LogP contribution in [0.25, 0.3) is 0 Å². The first-order valence-electron chi connectivity index (χ1n) is 7.07. The fourth-order valence-electron chi connectivity index (χ4n) is 3.07. The van der Waals surface area contributed by atoms with Crippen molar-refractivity contribution in [2.24, 2.45) is 0 Å². The minimum Gasteiger partial charge on any atom is -0.380 e. The Balaban J connectivity index is 1.71. The molecule has 0 bridgehead atoms. The van der Waals surface area contributed by atoms with Gasteiger partial charge in [0.25, 0.3) is 0 Å². The molecule has 0 spiro atoms. The van der Waals surface area contributed by atoms with E-state index in [9.17, 15) is 4.79 Å². The number of anilines is 1. The monoisotopic (exact) mass is 259 g/mol. The van der Waals surface area contributed by atoms with Crippen LogP contribution in [0.3, 0.4) is 0 Å². The molecule has 0 aliphatic carbocycles. The molecule has 1 saturated heterocycles. The van der Waals surface area contributed by atoms with Crippen molar-refractivity contribution in [2.45, 2.75) is 38.9 Å². The van der Waals surface area contributed by atoms with E-state index < -0.39 is 0 Å². The lowest BCUT2D eigenvalue weighted by Gasteiger charge is -2.33. The first kappa shape index (κ1) is 12.5. The summed E-state index contributed by atoms with van der Waals surface area (Å²) in [6, 6.07) is 6.83. The van der Waals surface area contributed by atoms with E-state index in [1.54, 1.807) is 6.92 Å². The average Bonchev–Trinajstić information content (AvgIpc) is 2.88. The quantitative estimate of drug-likeness (QED) is 0.850. The maximum atomic E-state index is 11.5. The standard InChI is InChI=1S/C15H21N3O/c1-11(19)18-7-3-5-13(10-18)17-15-6-2-4-12-8-16-9-14(12)15/h2,4,6,13,16-17H,3,5,7-10H2,1H3/t13-/m1/s1. The topological polar surface area (TPSA) is 44.4 Å². The van der Waals surface area contributed by atoms with Crippen LogP contribution in [0.5, 0.6) is 0 Å². The lowest BCUT2D eigenvalue weighted by atomic mass is 10.0. The van der Waals surface area contributed by atoms with Crippen LogP contribution in [0, 0.1) is 0 Å². The Morgan fingerprint density at radius 2 is 2.32 bits per heavy atom. The molecule has 19 heavy (non-hydrogen) atoms. The molecule has 2 N–H and O–H groups in total. The van der Waals surface area contributed by atoms with Crippen molar-refractivity contribution < 1.29 is 4.79 Å². The molecule has 1 atom stereocenters. The molecule has 0 radical (unpaired) electrons. The summed E-state index contributed by atoms with van der Waals surface area (Å²) < 4.78 is 0. The second-order valence-electron chi connectivity index (χ2n) is 5.50. The smallest absolute Gasteiger partial charge is 0.219 e. The highest BCUT2D eigenvalue weighted by molar-refractivity contribution is 5.73. The van der Waals surface area contributed by atoms with E-state index in [2.05, 4.69) is 28.8 Å². The first-order chi connectivity index (χ1) is 9.24. The summed E-state index contributed by atoms with van der Waals surface area (Å²) in [4.78, 5) is 13.4. The van der Waals surface area contributed by atoms with Gasteiger partial charge in [0.1, 0.15) is 0 Å². The predicted octanol–water partition coefficient (Wildman–Crippen LogP) is 1.71. The predicted molar refractivity (Wildman–Crippen MR) is 75.9 cm³/mol. The van der Waals surface area contributed by atoms with E-state index in [4.69, 9.17) is 0 Å². The van der Waals surface area contributed by atoms with Crippen LogP contribution in [0.2, 0.25) is 0 Å². The van der Waals surface area contributed by atoms with Gasteiger partial charge in [0.2, 0.25) is 5.91 Å². The lowest BCUT2D eigenvalue weighted by molar-refractivity contribution is -0.129. The zero-order valence-corrected chi connectivity index (χ0v) is 11.4. The van der Waals surface area contributed by atoms with Gasteiger partial charge in [-0.25, -0.2) is 0 Å². The zero-order chi connectivity index (χ0) is 13.2. The van der Waals surface area contributed by atoms with E-state index in [0.717, 1.165) is 39.0 Å². The lowest BCUT2D eigenvalue weighted by Crippen LogP contribution is -2.44. The Morgan fingerprint density at radius 3 is 3.16 bits per heavy atom. The summed E-state index contributed by atoms with van der Waals surface area (Å²) in [5.74, 6) is 0.187. The van der Waals surface area contributed by atoms with Gasteiger partial charge in [-0.05, 0) is 30.0 Å². The van der Waals surface area contributed by atoms with Crippen molar-refractivity contribution in [3.05, 3.63) is 29.3 Å². The Hall–Kier alpha value is -1.55. The highest BCUT2D eigenvalue weighted by Crippen LogP contribution is 2.26. The van der Waals surface area contributed by atoms with E-state index in [-0.39, 0.29) is 5.91 Å². The molecule has 0 aromatic heterocycles. The molecule has 0 unspecified atom stereocenters. The first-order valence-corrected chi connectivity index (χ1v) is 7.07. The van der Waals surface area contributed by atoms with Crippen LogP contribution >= 0.6 is 0 Å². The third-order valence-corrected chi connectivity index (χ3v) is 4.12. The SMILES string of the molecule is CC(=O)N1CCC[C@@H](Nc2cccc3c2CNC3)C1. The molecule has 0 saturated carbocycles. The number of carbonyl (C=O) groups excluding carboxylic acids is 1. The van der Waals surface area contributed by atoms with Crippen LogP contribution in [0.15, 0.2) is 18.2 Å². The normalized spacial score (nSPS) is 22.2. The molecule has 102 valence electrons. The van der Waals surface area contributed by atoms with Crippen molar-refractivity contribution in [1.82, 2.24) is 10.2 Å². The molecule has 4 nitrogen and oxygen atoms in total. The van der Waals surface area contributed by atoms with E-state index >= 15 is 0 Å². The third-order valence-electron chi connectivity index (χ3n) is 4.12. The number of piperidine rings is 1. The molecule has 4 heteroatoms. The number of rotatable bonds is 2. The molecule has 3 rings (SSSR count). The van der Waals surface area contributed by atoms with Crippen molar-refractivity contribution in [3.63, 3.8) is 0 Å². The van der Waals surface area contributed by atoms with Crippen molar-refractivity contribution in [2.75, 3.05) is 18.4 Å². The molecule has 1 aromatic carbocycles. The zero-order valence-electron chi connectivity index (χ0n) is 11.4. The van der Waals surface area contributed by atoms with Gasteiger partial charge in [0.05, 0.1) is 0 Å². The van der Waals surface area contributed by atoms with E-state index in [0.29, 0.717) is 6.04 Å². The number of hydrogen-bond acceptors (Lipinski definition) is 3. The second-order valence-corrected chi connectivity index (χ2v) is 5.50. The summed E-state index contributed by atoms with van der Waals surface area (Å²) in [6.45, 7) is 5.30. The largest absolute Gasteiger partial charge is 0.380 e. The highest BCUT2D eigenvalue weighted by Gasteiger charge is 2.23. The molecular formula is C15H21N3O. The number of amides is 1. The number of carbonyl (C=O) groups is 1. The van der Waals surface area contributed by atoms with Gasteiger partial charge in [-0.3, -0.25) is 4.79 Å². The van der Waals surface area contributed by atoms with E-state index in [1.807, 2.05) is 4.90 Å². The Morgan fingerprint density at radius 1 is 1.42 bits per heavy atom. The number of nitrogens with zero attached hydrogens (tertiary/aromatic N) is 1. The Bertz CT molecular complexity index is 486. The minimum absolute atomic E-state index is 0.187. The fourth-order valence-corrected chi connectivity index (χ4v) is 3.07. The molecule has 1 aromatic rings. The van der Waals surface area contributed by atoms with Gasteiger partial charge >= 0.3 is 0 Å². The molecule has 1 fully saturated rings. The summed E-state index contributed by atoms with van der Waals surface area (Å²) in [6.07, 6.45) is 2.23. The number of benzene rings is 1. The summed E-state index contributed by atoms with van der Waals surface area (Å²) in [5, 5.41) is 7.02.